The molecule has 0 aliphatic heterocycles. The highest BCUT2D eigenvalue weighted by Crippen LogP contribution is 2.28. The second kappa shape index (κ2) is 6.38. The van der Waals surface area contributed by atoms with Gasteiger partial charge in [-0.1, -0.05) is 36.2 Å². The molecule has 1 atom stereocenters. The number of hydrogen-bond acceptors (Lipinski definition) is 1. The molecule has 90 valence electrons. The normalized spacial score (nSPS) is 13.1. The smallest absolute Gasteiger partial charge is 0.257 e. The lowest BCUT2D eigenvalue weighted by Gasteiger charge is -2.18. The molecular formula is C11H13Cl2F2N. The van der Waals surface area contributed by atoms with Crippen molar-refractivity contribution in [3.05, 3.63) is 33.8 Å². The molecular weight excluding hydrogens is 255 g/mol. The van der Waals surface area contributed by atoms with Crippen LogP contribution in [-0.2, 0) is 0 Å². The summed E-state index contributed by atoms with van der Waals surface area (Å²) in [6, 6.07) is 3.58. The fourth-order valence-corrected chi connectivity index (χ4v) is 1.66. The largest absolute Gasteiger partial charge is 0.305 e. The van der Waals surface area contributed by atoms with Crippen molar-refractivity contribution in [1.29, 1.82) is 0 Å². The lowest BCUT2D eigenvalue weighted by atomic mass is 10.1. The Balaban J connectivity index is 2.88. The van der Waals surface area contributed by atoms with Crippen molar-refractivity contribution >= 4 is 23.2 Å². The monoisotopic (exact) mass is 267 g/mol. The first-order valence-corrected chi connectivity index (χ1v) is 5.78. The maximum Gasteiger partial charge on any atom is 0.257 e. The van der Waals surface area contributed by atoms with Crippen LogP contribution in [0.4, 0.5) is 8.78 Å². The third-order valence-electron chi connectivity index (χ3n) is 2.17. The van der Waals surface area contributed by atoms with Crippen LogP contribution in [0, 0.1) is 0 Å². The summed E-state index contributed by atoms with van der Waals surface area (Å²) < 4.78 is 25.6. The highest BCUT2D eigenvalue weighted by molar-refractivity contribution is 6.42. The van der Waals surface area contributed by atoms with Crippen LogP contribution >= 0.6 is 23.2 Å². The van der Waals surface area contributed by atoms with Gasteiger partial charge in [0.2, 0.25) is 0 Å². The summed E-state index contributed by atoms with van der Waals surface area (Å²) in [5, 5.41) is 3.44. The minimum absolute atomic E-state index is 0.295. The molecule has 0 aliphatic carbocycles. The first-order valence-electron chi connectivity index (χ1n) is 5.02. The van der Waals surface area contributed by atoms with Gasteiger partial charge in [0.05, 0.1) is 16.1 Å². The van der Waals surface area contributed by atoms with Gasteiger partial charge in [-0.3, -0.25) is 0 Å². The number of halogens is 4. The van der Waals surface area contributed by atoms with E-state index in [1.807, 2.05) is 6.92 Å². The Morgan fingerprint density at radius 1 is 1.25 bits per heavy atom. The molecule has 1 aromatic rings. The standard InChI is InChI=1S/C11H13Cl2F2N/c1-2-5-16-10(11(14)15)7-3-4-8(12)9(13)6-7/h3-4,6,10-11,16H,2,5H2,1H3. The second-order valence-corrected chi connectivity index (χ2v) is 4.25. The molecule has 0 aromatic heterocycles. The maximum absolute atomic E-state index is 12.8. The van der Waals surface area contributed by atoms with Crippen molar-refractivity contribution < 1.29 is 8.78 Å². The van der Waals surface area contributed by atoms with Gasteiger partial charge in [-0.2, -0.15) is 0 Å². The highest BCUT2D eigenvalue weighted by atomic mass is 35.5. The van der Waals surface area contributed by atoms with E-state index in [0.29, 0.717) is 22.2 Å². The van der Waals surface area contributed by atoms with Gasteiger partial charge in [-0.25, -0.2) is 8.78 Å². The van der Waals surface area contributed by atoms with Gasteiger partial charge < -0.3 is 5.32 Å². The van der Waals surface area contributed by atoms with Gasteiger partial charge in [-0.15, -0.1) is 0 Å². The predicted molar refractivity (Wildman–Crippen MR) is 63.5 cm³/mol. The number of nitrogens with one attached hydrogen (secondary N) is 1. The Bertz CT molecular complexity index is 345. The Hall–Kier alpha value is -0.380. The molecule has 5 heteroatoms. The Kier molecular flexibility index (Phi) is 5.46. The quantitative estimate of drug-likeness (QED) is 0.839. The van der Waals surface area contributed by atoms with Gasteiger partial charge in [0.25, 0.3) is 6.43 Å². The zero-order chi connectivity index (χ0) is 12.1. The first-order chi connectivity index (χ1) is 7.56. The van der Waals surface area contributed by atoms with E-state index in [9.17, 15) is 8.78 Å². The fourth-order valence-electron chi connectivity index (χ4n) is 1.36. The number of alkyl halides is 2. The van der Waals surface area contributed by atoms with Gasteiger partial charge in [0.1, 0.15) is 0 Å². The van der Waals surface area contributed by atoms with Crippen LogP contribution in [0.25, 0.3) is 0 Å². The molecule has 0 heterocycles. The van der Waals surface area contributed by atoms with Gasteiger partial charge in [-0.05, 0) is 30.7 Å². The van der Waals surface area contributed by atoms with E-state index in [1.165, 1.54) is 12.1 Å². The van der Waals surface area contributed by atoms with Crippen LogP contribution in [0.1, 0.15) is 24.9 Å². The van der Waals surface area contributed by atoms with E-state index in [0.717, 1.165) is 6.42 Å². The third kappa shape index (κ3) is 3.58. The van der Waals surface area contributed by atoms with E-state index >= 15 is 0 Å². The average Bonchev–Trinajstić information content (AvgIpc) is 2.23. The summed E-state index contributed by atoms with van der Waals surface area (Å²) in [4.78, 5) is 0. The van der Waals surface area contributed by atoms with E-state index < -0.39 is 12.5 Å². The highest BCUT2D eigenvalue weighted by Gasteiger charge is 2.21. The van der Waals surface area contributed by atoms with Crippen molar-refractivity contribution in [3.8, 4) is 0 Å². The van der Waals surface area contributed by atoms with Crippen molar-refractivity contribution in [3.63, 3.8) is 0 Å². The molecule has 0 saturated heterocycles. The molecule has 0 saturated carbocycles. The van der Waals surface area contributed by atoms with E-state index in [-0.39, 0.29) is 0 Å². The molecule has 1 nitrogen and oxygen atoms in total. The van der Waals surface area contributed by atoms with Crippen molar-refractivity contribution in [1.82, 2.24) is 5.32 Å². The van der Waals surface area contributed by atoms with Gasteiger partial charge >= 0.3 is 0 Å². The second-order valence-electron chi connectivity index (χ2n) is 3.44. The summed E-state index contributed by atoms with van der Waals surface area (Å²) in [6.07, 6.45) is -1.67. The van der Waals surface area contributed by atoms with Crippen molar-refractivity contribution in [2.24, 2.45) is 0 Å². The molecule has 0 bridgehead atoms. The molecule has 1 aromatic carbocycles. The zero-order valence-electron chi connectivity index (χ0n) is 8.81. The molecule has 0 aliphatic rings. The number of benzene rings is 1. The van der Waals surface area contributed by atoms with Crippen LogP contribution in [0.15, 0.2) is 18.2 Å². The van der Waals surface area contributed by atoms with Crippen molar-refractivity contribution in [2.45, 2.75) is 25.8 Å². The summed E-state index contributed by atoms with van der Waals surface area (Å²) in [5.41, 5.74) is 0.456. The molecule has 1 rings (SSSR count). The van der Waals surface area contributed by atoms with Crippen LogP contribution in [0.3, 0.4) is 0 Å². The molecule has 1 unspecified atom stereocenters. The molecule has 0 spiro atoms. The number of rotatable bonds is 5. The van der Waals surface area contributed by atoms with Gasteiger partial charge in [0, 0.05) is 0 Å². The van der Waals surface area contributed by atoms with E-state index in [2.05, 4.69) is 5.32 Å². The molecule has 0 amide bonds. The Morgan fingerprint density at radius 3 is 2.44 bits per heavy atom. The SMILES string of the molecule is CCCNC(c1ccc(Cl)c(Cl)c1)C(F)F. The van der Waals surface area contributed by atoms with Crippen LogP contribution in [-0.4, -0.2) is 13.0 Å². The summed E-state index contributed by atoms with van der Waals surface area (Å²) in [7, 11) is 0. The summed E-state index contributed by atoms with van der Waals surface area (Å²) >= 11 is 11.5. The van der Waals surface area contributed by atoms with Crippen LogP contribution in [0.5, 0.6) is 0 Å². The molecule has 16 heavy (non-hydrogen) atoms. The minimum Gasteiger partial charge on any atom is -0.305 e. The number of hydrogen-bond donors (Lipinski definition) is 1. The molecule has 0 fully saturated rings. The predicted octanol–water partition coefficient (Wildman–Crippen LogP) is 4.30. The summed E-state index contributed by atoms with van der Waals surface area (Å²) in [6.45, 7) is 2.46. The Labute approximate surface area is 104 Å². The van der Waals surface area contributed by atoms with Crippen molar-refractivity contribution in [2.75, 3.05) is 6.54 Å². The topological polar surface area (TPSA) is 12.0 Å². The maximum atomic E-state index is 12.8. The van der Waals surface area contributed by atoms with Crippen LogP contribution in [0.2, 0.25) is 10.0 Å². The lowest BCUT2D eigenvalue weighted by molar-refractivity contribution is 0.0985. The third-order valence-corrected chi connectivity index (χ3v) is 2.91. The molecule has 1 N–H and O–H groups in total. The minimum atomic E-state index is -2.47. The lowest BCUT2D eigenvalue weighted by Crippen LogP contribution is -2.27. The summed E-state index contributed by atoms with van der Waals surface area (Å²) in [5.74, 6) is 0. The Morgan fingerprint density at radius 2 is 1.94 bits per heavy atom. The molecule has 0 radical (unpaired) electrons. The van der Waals surface area contributed by atoms with Gasteiger partial charge in [0.15, 0.2) is 0 Å². The fraction of sp³-hybridized carbons (Fsp3) is 0.455. The zero-order valence-corrected chi connectivity index (χ0v) is 10.3. The van der Waals surface area contributed by atoms with E-state index in [4.69, 9.17) is 23.2 Å². The first kappa shape index (κ1) is 13.7. The average molecular weight is 268 g/mol. The van der Waals surface area contributed by atoms with E-state index in [1.54, 1.807) is 6.07 Å². The van der Waals surface area contributed by atoms with Crippen LogP contribution < -0.4 is 5.32 Å².